The van der Waals surface area contributed by atoms with Gasteiger partial charge < -0.3 is 4.74 Å². The van der Waals surface area contributed by atoms with Gasteiger partial charge in [0.2, 0.25) is 0 Å². The van der Waals surface area contributed by atoms with Crippen molar-refractivity contribution in [2.75, 3.05) is 13.7 Å². The summed E-state index contributed by atoms with van der Waals surface area (Å²) in [5.74, 6) is 0.762. The number of hydrogen-bond acceptors (Lipinski definition) is 3. The van der Waals surface area contributed by atoms with Gasteiger partial charge in [0.1, 0.15) is 5.69 Å². The van der Waals surface area contributed by atoms with E-state index in [4.69, 9.17) is 4.74 Å². The highest BCUT2D eigenvalue weighted by Gasteiger charge is 2.23. The van der Waals surface area contributed by atoms with E-state index in [9.17, 15) is 4.79 Å². The molecular formula is C13H19BrN2O2. The van der Waals surface area contributed by atoms with Gasteiger partial charge in [-0.05, 0) is 21.8 Å². The Morgan fingerprint density at radius 1 is 1.56 bits per heavy atom. The molecule has 5 heteroatoms. The average molecular weight is 315 g/mol. The first-order valence-electron chi connectivity index (χ1n) is 6.46. The molecule has 0 aliphatic heterocycles. The van der Waals surface area contributed by atoms with Gasteiger partial charge in [-0.3, -0.25) is 9.48 Å². The van der Waals surface area contributed by atoms with Crippen LogP contribution in [0.25, 0.3) is 0 Å². The van der Waals surface area contributed by atoms with Gasteiger partial charge >= 0.3 is 0 Å². The number of hydrogen-bond donors (Lipinski definition) is 0. The van der Waals surface area contributed by atoms with Crippen LogP contribution in [-0.4, -0.2) is 29.3 Å². The number of ketones is 1. The lowest BCUT2D eigenvalue weighted by Crippen LogP contribution is -2.16. The highest BCUT2D eigenvalue weighted by atomic mass is 79.9. The third-order valence-electron chi connectivity index (χ3n) is 3.51. The van der Waals surface area contributed by atoms with Gasteiger partial charge in [-0.2, -0.15) is 5.10 Å². The number of carbonyl (C=O) groups is 1. The SMILES string of the molecule is COCCn1ncc(Br)c1C(=O)CC1CCCC1. The van der Waals surface area contributed by atoms with E-state index in [0.717, 1.165) is 4.47 Å². The molecule has 1 saturated carbocycles. The van der Waals surface area contributed by atoms with Crippen molar-refractivity contribution in [3.63, 3.8) is 0 Å². The molecule has 1 aliphatic carbocycles. The van der Waals surface area contributed by atoms with E-state index in [-0.39, 0.29) is 5.78 Å². The summed E-state index contributed by atoms with van der Waals surface area (Å²) < 4.78 is 7.57. The van der Waals surface area contributed by atoms with Crippen molar-refractivity contribution in [1.82, 2.24) is 9.78 Å². The monoisotopic (exact) mass is 314 g/mol. The maximum absolute atomic E-state index is 12.3. The maximum Gasteiger partial charge on any atom is 0.182 e. The quantitative estimate of drug-likeness (QED) is 0.758. The second-order valence-electron chi connectivity index (χ2n) is 4.83. The van der Waals surface area contributed by atoms with Gasteiger partial charge in [0.05, 0.1) is 23.8 Å². The van der Waals surface area contributed by atoms with Gasteiger partial charge in [-0.25, -0.2) is 0 Å². The molecule has 1 fully saturated rings. The molecule has 18 heavy (non-hydrogen) atoms. The fraction of sp³-hybridized carbons (Fsp3) is 0.692. The fourth-order valence-corrected chi connectivity index (χ4v) is 3.08. The summed E-state index contributed by atoms with van der Waals surface area (Å²) in [6.07, 6.45) is 7.25. The van der Waals surface area contributed by atoms with Crippen LogP contribution < -0.4 is 0 Å². The van der Waals surface area contributed by atoms with E-state index in [1.165, 1.54) is 25.7 Å². The lowest BCUT2D eigenvalue weighted by Gasteiger charge is -2.10. The molecule has 0 bridgehead atoms. The summed E-state index contributed by atoms with van der Waals surface area (Å²) in [4.78, 5) is 12.3. The van der Waals surface area contributed by atoms with Crippen molar-refractivity contribution >= 4 is 21.7 Å². The summed E-state index contributed by atoms with van der Waals surface area (Å²) >= 11 is 3.41. The molecule has 100 valence electrons. The van der Waals surface area contributed by atoms with Crippen molar-refractivity contribution in [1.29, 1.82) is 0 Å². The summed E-state index contributed by atoms with van der Waals surface area (Å²) in [6, 6.07) is 0. The molecule has 1 heterocycles. The Morgan fingerprint density at radius 3 is 2.94 bits per heavy atom. The Bertz CT molecular complexity index is 411. The molecule has 0 N–H and O–H groups in total. The minimum atomic E-state index is 0.197. The van der Waals surface area contributed by atoms with E-state index in [0.29, 0.717) is 31.2 Å². The number of carbonyl (C=O) groups excluding carboxylic acids is 1. The predicted octanol–water partition coefficient (Wildman–Crippen LogP) is 3.06. The zero-order chi connectivity index (χ0) is 13.0. The third-order valence-corrected chi connectivity index (χ3v) is 4.10. The first-order chi connectivity index (χ1) is 8.72. The van der Waals surface area contributed by atoms with Crippen molar-refractivity contribution < 1.29 is 9.53 Å². The molecule has 4 nitrogen and oxygen atoms in total. The standard InChI is InChI=1S/C13H19BrN2O2/c1-18-7-6-16-13(11(14)9-15-16)12(17)8-10-4-2-3-5-10/h9-10H,2-8H2,1H3. The maximum atomic E-state index is 12.3. The average Bonchev–Trinajstić information content (AvgIpc) is 2.96. The van der Waals surface area contributed by atoms with Crippen LogP contribution in [-0.2, 0) is 11.3 Å². The Balaban J connectivity index is 2.05. The summed E-state index contributed by atoms with van der Waals surface area (Å²) in [7, 11) is 1.65. The van der Waals surface area contributed by atoms with Crippen molar-refractivity contribution in [3.05, 3.63) is 16.4 Å². The summed E-state index contributed by atoms with van der Waals surface area (Å²) in [5, 5.41) is 4.22. The highest BCUT2D eigenvalue weighted by Crippen LogP contribution is 2.29. The van der Waals surface area contributed by atoms with E-state index >= 15 is 0 Å². The van der Waals surface area contributed by atoms with Gasteiger partial charge in [0.15, 0.2) is 5.78 Å². The lowest BCUT2D eigenvalue weighted by molar-refractivity contribution is 0.0947. The van der Waals surface area contributed by atoms with Crippen LogP contribution in [0, 0.1) is 5.92 Å². The van der Waals surface area contributed by atoms with Crippen LogP contribution >= 0.6 is 15.9 Å². The van der Waals surface area contributed by atoms with Crippen molar-refractivity contribution in [3.8, 4) is 0 Å². The van der Waals surface area contributed by atoms with Crippen LogP contribution in [0.5, 0.6) is 0 Å². The Kier molecular flexibility index (Phi) is 4.95. The van der Waals surface area contributed by atoms with Gasteiger partial charge in [-0.1, -0.05) is 25.7 Å². The largest absolute Gasteiger partial charge is 0.383 e. The highest BCUT2D eigenvalue weighted by molar-refractivity contribution is 9.10. The smallest absolute Gasteiger partial charge is 0.182 e. The number of aromatic nitrogens is 2. The summed E-state index contributed by atoms with van der Waals surface area (Å²) in [5.41, 5.74) is 0.693. The number of halogens is 1. The van der Waals surface area contributed by atoms with Crippen LogP contribution in [0.3, 0.4) is 0 Å². The lowest BCUT2D eigenvalue weighted by atomic mass is 9.99. The molecule has 0 saturated heterocycles. The van der Waals surface area contributed by atoms with E-state index < -0.39 is 0 Å². The minimum absolute atomic E-state index is 0.197. The molecule has 0 aromatic carbocycles. The number of rotatable bonds is 6. The Morgan fingerprint density at radius 2 is 2.28 bits per heavy atom. The molecule has 0 atom stereocenters. The minimum Gasteiger partial charge on any atom is -0.383 e. The molecular weight excluding hydrogens is 296 g/mol. The van der Waals surface area contributed by atoms with Gasteiger partial charge in [-0.15, -0.1) is 0 Å². The Hall–Kier alpha value is -0.680. The van der Waals surface area contributed by atoms with Crippen molar-refractivity contribution in [2.24, 2.45) is 5.92 Å². The molecule has 1 aliphatic rings. The molecule has 0 amide bonds. The molecule has 2 rings (SSSR count). The van der Waals surface area contributed by atoms with E-state index in [1.54, 1.807) is 18.0 Å². The molecule has 0 radical (unpaired) electrons. The number of nitrogens with zero attached hydrogens (tertiary/aromatic N) is 2. The van der Waals surface area contributed by atoms with Crippen LogP contribution in [0.1, 0.15) is 42.6 Å². The fourth-order valence-electron chi connectivity index (χ4n) is 2.56. The first-order valence-corrected chi connectivity index (χ1v) is 7.25. The van der Waals surface area contributed by atoms with Gasteiger partial charge in [0, 0.05) is 13.5 Å². The molecule has 0 unspecified atom stereocenters. The zero-order valence-corrected chi connectivity index (χ0v) is 12.3. The van der Waals surface area contributed by atoms with Crippen LogP contribution in [0.15, 0.2) is 10.7 Å². The number of Topliss-reactive ketones (excluding diaryl/α,β-unsaturated/α-hetero) is 1. The third kappa shape index (κ3) is 3.20. The van der Waals surface area contributed by atoms with Crippen LogP contribution in [0.4, 0.5) is 0 Å². The van der Waals surface area contributed by atoms with Crippen molar-refractivity contribution in [2.45, 2.75) is 38.6 Å². The summed E-state index contributed by atoms with van der Waals surface area (Å²) in [6.45, 7) is 1.19. The van der Waals surface area contributed by atoms with E-state index in [1.807, 2.05) is 0 Å². The molecule has 1 aromatic heterocycles. The predicted molar refractivity (Wildman–Crippen MR) is 72.7 cm³/mol. The second-order valence-corrected chi connectivity index (χ2v) is 5.69. The van der Waals surface area contributed by atoms with E-state index in [2.05, 4.69) is 21.0 Å². The number of ether oxygens (including phenoxy) is 1. The normalized spacial score (nSPS) is 16.3. The van der Waals surface area contributed by atoms with Gasteiger partial charge in [0.25, 0.3) is 0 Å². The van der Waals surface area contributed by atoms with Crippen LogP contribution in [0.2, 0.25) is 0 Å². The molecule has 1 aromatic rings. The number of methoxy groups -OCH3 is 1. The second kappa shape index (κ2) is 6.48. The topological polar surface area (TPSA) is 44.1 Å². The molecule has 0 spiro atoms. The Labute approximate surface area is 116 Å². The zero-order valence-electron chi connectivity index (χ0n) is 10.7. The first kappa shape index (κ1) is 13.7.